The first-order valence-corrected chi connectivity index (χ1v) is 11.0. The van der Waals surface area contributed by atoms with Crippen LogP contribution < -0.4 is 5.32 Å². The summed E-state index contributed by atoms with van der Waals surface area (Å²) in [5.74, 6) is 0.671. The molecular weight excluding hydrogens is 424 g/mol. The lowest BCUT2D eigenvalue weighted by molar-refractivity contribution is -0.117. The molecule has 30 heavy (non-hydrogen) atoms. The minimum atomic E-state index is -0.133. The van der Waals surface area contributed by atoms with E-state index in [1.54, 1.807) is 29.2 Å². The molecule has 0 aliphatic heterocycles. The zero-order valence-electron chi connectivity index (χ0n) is 16.4. The van der Waals surface area contributed by atoms with E-state index in [1.807, 2.05) is 19.1 Å². The Hall–Kier alpha value is -2.71. The van der Waals surface area contributed by atoms with E-state index in [0.29, 0.717) is 38.8 Å². The molecule has 1 fully saturated rings. The second-order valence-electron chi connectivity index (χ2n) is 7.13. The largest absolute Gasteiger partial charge is 0.419 e. The zero-order chi connectivity index (χ0) is 21.1. The number of carbonyl (C=O) groups is 2. The standard InChI is InChI=1S/C21H21ClN4O3S/c1-2-11-26(12-17-24-25-20(29-17)14-5-3-4-6-15(14)22)21(28)16-9-10-18(30-16)23-19(27)13-7-8-13/h3-6,9-10,13H,2,7-8,11-12H2,1H3,(H,23,27). The molecule has 0 radical (unpaired) electrons. The van der Waals surface area contributed by atoms with Gasteiger partial charge in [-0.1, -0.05) is 30.7 Å². The maximum atomic E-state index is 13.0. The molecule has 0 saturated heterocycles. The average Bonchev–Trinajstić information content (AvgIpc) is 3.33. The number of amides is 2. The molecule has 0 spiro atoms. The van der Waals surface area contributed by atoms with Crippen LogP contribution in [0.1, 0.15) is 41.7 Å². The number of hydrogen-bond acceptors (Lipinski definition) is 6. The van der Waals surface area contributed by atoms with E-state index in [9.17, 15) is 9.59 Å². The number of rotatable bonds is 8. The lowest BCUT2D eigenvalue weighted by Crippen LogP contribution is -2.30. The SMILES string of the molecule is CCCN(Cc1nnc(-c2ccccc2Cl)o1)C(=O)c1ccc(NC(=O)C2CC2)s1. The molecule has 3 aromatic rings. The average molecular weight is 445 g/mol. The summed E-state index contributed by atoms with van der Waals surface area (Å²) in [6.45, 7) is 2.75. The first kappa shape index (κ1) is 20.6. The van der Waals surface area contributed by atoms with Gasteiger partial charge in [0.25, 0.3) is 5.91 Å². The van der Waals surface area contributed by atoms with Crippen LogP contribution in [0.25, 0.3) is 11.5 Å². The number of hydrogen-bond donors (Lipinski definition) is 1. The molecule has 1 N–H and O–H groups in total. The van der Waals surface area contributed by atoms with Gasteiger partial charge in [-0.3, -0.25) is 9.59 Å². The first-order chi connectivity index (χ1) is 14.5. The molecule has 4 rings (SSSR count). The van der Waals surface area contributed by atoms with Gasteiger partial charge in [-0.2, -0.15) is 0 Å². The number of thiophene rings is 1. The first-order valence-electron chi connectivity index (χ1n) is 9.82. The summed E-state index contributed by atoms with van der Waals surface area (Å²) in [5.41, 5.74) is 0.653. The highest BCUT2D eigenvalue weighted by Gasteiger charge is 2.30. The van der Waals surface area contributed by atoms with Crippen molar-refractivity contribution in [1.29, 1.82) is 0 Å². The van der Waals surface area contributed by atoms with Gasteiger partial charge < -0.3 is 14.6 Å². The van der Waals surface area contributed by atoms with E-state index >= 15 is 0 Å². The Kier molecular flexibility index (Phi) is 6.15. The Morgan fingerprint density at radius 1 is 1.23 bits per heavy atom. The van der Waals surface area contributed by atoms with Gasteiger partial charge >= 0.3 is 0 Å². The van der Waals surface area contributed by atoms with Crippen LogP contribution in [0.15, 0.2) is 40.8 Å². The van der Waals surface area contributed by atoms with Crippen molar-refractivity contribution < 1.29 is 14.0 Å². The summed E-state index contributed by atoms with van der Waals surface area (Å²) in [4.78, 5) is 27.2. The summed E-state index contributed by atoms with van der Waals surface area (Å²) in [7, 11) is 0. The van der Waals surface area contributed by atoms with Crippen LogP contribution in [-0.4, -0.2) is 33.5 Å². The van der Waals surface area contributed by atoms with E-state index < -0.39 is 0 Å². The van der Waals surface area contributed by atoms with Crippen LogP contribution >= 0.6 is 22.9 Å². The van der Waals surface area contributed by atoms with Crippen LogP contribution in [0.2, 0.25) is 5.02 Å². The Morgan fingerprint density at radius 3 is 2.77 bits per heavy atom. The second-order valence-corrected chi connectivity index (χ2v) is 8.63. The Balaban J connectivity index is 1.46. The van der Waals surface area contributed by atoms with E-state index in [1.165, 1.54) is 11.3 Å². The third-order valence-electron chi connectivity index (χ3n) is 4.69. The topological polar surface area (TPSA) is 88.3 Å². The molecule has 1 aliphatic carbocycles. The number of carbonyl (C=O) groups excluding carboxylic acids is 2. The van der Waals surface area contributed by atoms with Crippen LogP contribution in [0.3, 0.4) is 0 Å². The molecule has 1 aliphatic rings. The third-order valence-corrected chi connectivity index (χ3v) is 6.01. The highest BCUT2D eigenvalue weighted by molar-refractivity contribution is 7.18. The molecule has 156 valence electrons. The van der Waals surface area contributed by atoms with Gasteiger partial charge in [-0.25, -0.2) is 0 Å². The van der Waals surface area contributed by atoms with Crippen molar-refractivity contribution in [3.63, 3.8) is 0 Å². The van der Waals surface area contributed by atoms with Crippen molar-refractivity contribution in [3.05, 3.63) is 52.2 Å². The summed E-state index contributed by atoms with van der Waals surface area (Å²) >= 11 is 7.47. The maximum absolute atomic E-state index is 13.0. The summed E-state index contributed by atoms with van der Waals surface area (Å²) in [5, 5.41) is 12.2. The predicted octanol–water partition coefficient (Wildman–Crippen LogP) is 4.85. The highest BCUT2D eigenvalue weighted by Crippen LogP contribution is 2.32. The van der Waals surface area contributed by atoms with Gasteiger partial charge in [-0.15, -0.1) is 21.5 Å². The van der Waals surface area contributed by atoms with E-state index in [2.05, 4.69) is 15.5 Å². The van der Waals surface area contributed by atoms with E-state index in [4.69, 9.17) is 16.0 Å². The lowest BCUT2D eigenvalue weighted by Gasteiger charge is -2.19. The quantitative estimate of drug-likeness (QED) is 0.536. The molecular formula is C21H21ClN4O3S. The predicted molar refractivity (Wildman–Crippen MR) is 115 cm³/mol. The summed E-state index contributed by atoms with van der Waals surface area (Å²) in [6.07, 6.45) is 2.66. The van der Waals surface area contributed by atoms with Crippen LogP contribution in [0.4, 0.5) is 5.00 Å². The van der Waals surface area contributed by atoms with E-state index in [-0.39, 0.29) is 24.3 Å². The molecule has 7 nitrogen and oxygen atoms in total. The van der Waals surface area contributed by atoms with Gasteiger partial charge in [-0.05, 0) is 43.5 Å². The fourth-order valence-electron chi connectivity index (χ4n) is 2.99. The summed E-state index contributed by atoms with van der Waals surface area (Å²) in [6, 6.07) is 10.7. The molecule has 2 aromatic heterocycles. The molecule has 0 atom stereocenters. The molecule has 2 amide bonds. The minimum absolute atomic E-state index is 0.0271. The highest BCUT2D eigenvalue weighted by atomic mass is 35.5. The fraction of sp³-hybridized carbons (Fsp3) is 0.333. The van der Waals surface area contributed by atoms with Crippen molar-refractivity contribution in [2.24, 2.45) is 5.92 Å². The monoisotopic (exact) mass is 444 g/mol. The number of benzene rings is 1. The van der Waals surface area contributed by atoms with Crippen molar-refractivity contribution in [3.8, 4) is 11.5 Å². The number of nitrogens with zero attached hydrogens (tertiary/aromatic N) is 3. The number of anilines is 1. The maximum Gasteiger partial charge on any atom is 0.264 e. The van der Waals surface area contributed by atoms with Gasteiger partial charge in [0.2, 0.25) is 17.7 Å². The van der Waals surface area contributed by atoms with Gasteiger partial charge in [0.15, 0.2) is 0 Å². The molecule has 0 bridgehead atoms. The molecule has 2 heterocycles. The fourth-order valence-corrected chi connectivity index (χ4v) is 4.09. The van der Waals surface area contributed by atoms with Crippen molar-refractivity contribution in [2.75, 3.05) is 11.9 Å². The molecule has 0 unspecified atom stereocenters. The molecule has 1 aromatic carbocycles. The third kappa shape index (κ3) is 4.71. The summed E-state index contributed by atoms with van der Waals surface area (Å²) < 4.78 is 5.75. The second kappa shape index (κ2) is 8.97. The normalized spacial score (nSPS) is 13.3. The van der Waals surface area contributed by atoms with Gasteiger partial charge in [0.1, 0.15) is 0 Å². The number of nitrogens with one attached hydrogen (secondary N) is 1. The van der Waals surface area contributed by atoms with Gasteiger partial charge in [0.05, 0.1) is 27.0 Å². The Labute approximate surface area is 183 Å². The Morgan fingerprint density at radius 2 is 2.03 bits per heavy atom. The van der Waals surface area contributed by atoms with E-state index in [0.717, 1.165) is 19.3 Å². The smallest absolute Gasteiger partial charge is 0.264 e. The van der Waals surface area contributed by atoms with Crippen molar-refractivity contribution in [2.45, 2.75) is 32.7 Å². The lowest BCUT2D eigenvalue weighted by atomic mass is 10.2. The zero-order valence-corrected chi connectivity index (χ0v) is 18.0. The van der Waals surface area contributed by atoms with Crippen LogP contribution in [0, 0.1) is 5.92 Å². The molecule has 9 heteroatoms. The minimum Gasteiger partial charge on any atom is -0.419 e. The van der Waals surface area contributed by atoms with Crippen LogP contribution in [-0.2, 0) is 11.3 Å². The Bertz CT molecular complexity index is 1060. The van der Waals surface area contributed by atoms with Crippen LogP contribution in [0.5, 0.6) is 0 Å². The van der Waals surface area contributed by atoms with Crippen molar-refractivity contribution >= 4 is 39.8 Å². The molecule has 1 saturated carbocycles. The van der Waals surface area contributed by atoms with Gasteiger partial charge in [0, 0.05) is 12.5 Å². The number of halogens is 1. The number of aromatic nitrogens is 2. The van der Waals surface area contributed by atoms with Crippen molar-refractivity contribution in [1.82, 2.24) is 15.1 Å².